The summed E-state index contributed by atoms with van der Waals surface area (Å²) in [5.41, 5.74) is 7.16. The van der Waals surface area contributed by atoms with Crippen molar-refractivity contribution in [3.8, 4) is 0 Å². The van der Waals surface area contributed by atoms with Gasteiger partial charge in [-0.15, -0.1) is 11.3 Å². The predicted octanol–water partition coefficient (Wildman–Crippen LogP) is 6.92. The van der Waals surface area contributed by atoms with Crippen LogP contribution < -0.4 is 37.6 Å². The molecule has 1 saturated heterocycles. The van der Waals surface area contributed by atoms with Crippen LogP contribution in [0.2, 0.25) is 0 Å². The second-order valence-electron chi connectivity index (χ2n) is 25.4. The third-order valence-electron chi connectivity index (χ3n) is 17.1. The number of carbonyl (C=O) groups is 10. The molecule has 1 aromatic heterocycles. The van der Waals surface area contributed by atoms with Gasteiger partial charge in [-0.05, 0) is 79.0 Å². The van der Waals surface area contributed by atoms with E-state index in [1.165, 1.54) is 30.4 Å². The zero-order valence-corrected chi connectivity index (χ0v) is 57.4. The van der Waals surface area contributed by atoms with Crippen LogP contribution in [0.25, 0.3) is 0 Å². The Morgan fingerprint density at radius 1 is 0.739 bits per heavy atom. The van der Waals surface area contributed by atoms with Gasteiger partial charge in [-0.25, -0.2) is 14.6 Å². The first-order valence-corrected chi connectivity index (χ1v) is 33.0. The number of ether oxygens (including phenoxy) is 3. The van der Waals surface area contributed by atoms with Crippen LogP contribution in [0.5, 0.6) is 0 Å². The maximum Gasteiger partial charge on any atom is 0.410 e. The number of ketones is 1. The van der Waals surface area contributed by atoms with Gasteiger partial charge in [0, 0.05) is 77.4 Å². The van der Waals surface area contributed by atoms with Crippen molar-refractivity contribution in [2.75, 3.05) is 46.7 Å². The second-order valence-corrected chi connectivity index (χ2v) is 26.3. The van der Waals surface area contributed by atoms with Gasteiger partial charge >= 0.3 is 12.1 Å². The summed E-state index contributed by atoms with van der Waals surface area (Å²) < 4.78 is 17.9. The number of nitrogens with zero attached hydrogens (tertiary/aromatic N) is 4. The molecule has 11 atom stereocenters. The number of rotatable bonds is 37. The molecule has 92 heavy (non-hydrogen) atoms. The lowest BCUT2D eigenvalue weighted by molar-refractivity contribution is -0.148. The third-order valence-corrected chi connectivity index (χ3v) is 18.0. The third kappa shape index (κ3) is 23.0. The molecule has 1 fully saturated rings. The molecule has 25 heteroatoms. The van der Waals surface area contributed by atoms with E-state index in [-0.39, 0.29) is 86.6 Å². The number of urea groups is 1. The van der Waals surface area contributed by atoms with E-state index in [1.54, 1.807) is 96.0 Å². The van der Waals surface area contributed by atoms with E-state index in [0.29, 0.717) is 43.5 Å². The van der Waals surface area contributed by atoms with Crippen LogP contribution in [0.1, 0.15) is 150 Å². The minimum absolute atomic E-state index is 0.0231. The van der Waals surface area contributed by atoms with Gasteiger partial charge < -0.3 is 61.6 Å². The summed E-state index contributed by atoms with van der Waals surface area (Å²) in [5.74, 6) is -5.44. The molecule has 1 aliphatic rings. The Morgan fingerprint density at radius 3 is 1.97 bits per heavy atom. The van der Waals surface area contributed by atoms with Crippen molar-refractivity contribution < 1.29 is 62.2 Å². The van der Waals surface area contributed by atoms with E-state index in [0.717, 1.165) is 10.6 Å². The van der Waals surface area contributed by atoms with Crippen LogP contribution in [0.15, 0.2) is 66.2 Å². The Kier molecular flexibility index (Phi) is 31.7. The number of Topliss-reactive ketones (excluding diaryl/α,β-unsaturated/α-hetero) is 1. The Balaban J connectivity index is 1.41. The highest BCUT2D eigenvalue weighted by Crippen LogP contribution is 2.31. The summed E-state index contributed by atoms with van der Waals surface area (Å²) in [5, 5.41) is 19.5. The number of hydrogen-bond acceptors (Lipinski definition) is 15. The normalized spacial score (nSPS) is 16.4. The van der Waals surface area contributed by atoms with Crippen molar-refractivity contribution in [2.24, 2.45) is 41.2 Å². The fraction of sp³-hybridized carbons (Fsp3) is 0.627. The molecule has 1 aliphatic heterocycles. The maximum atomic E-state index is 14.9. The first kappa shape index (κ1) is 76.9. The molecule has 4 rings (SSSR count). The number of methoxy groups -OCH3 is 2. The highest BCUT2D eigenvalue weighted by Gasteiger charge is 2.44. The molecule has 0 radical (unpaired) electrons. The Hall–Kier alpha value is -7.51. The highest BCUT2D eigenvalue weighted by atomic mass is 32.1. The number of likely N-dealkylation sites (tertiary alicyclic amines) is 1. The molecule has 2 aromatic carbocycles. The number of amides is 10. The number of nitrogens with two attached hydrogens (primary N) is 1. The number of primary amides is 1. The zero-order chi connectivity index (χ0) is 68.5. The number of likely N-dealkylation sites (N-methyl/N-ethyl adjacent to an activating group) is 2. The topological polar surface area (TPSA) is 319 Å². The quantitative estimate of drug-likeness (QED) is 0.0289. The summed E-state index contributed by atoms with van der Waals surface area (Å²) in [6, 6.07) is 9.90. The second kappa shape index (κ2) is 37.9. The molecule has 8 N–H and O–H groups in total. The van der Waals surface area contributed by atoms with Gasteiger partial charge in [0.05, 0.1) is 42.7 Å². The first-order valence-electron chi connectivity index (χ1n) is 32.2. The van der Waals surface area contributed by atoms with E-state index < -0.39 is 108 Å². The van der Waals surface area contributed by atoms with Gasteiger partial charge in [-0.1, -0.05) is 125 Å². The average Bonchev–Trinajstić information content (AvgIpc) is 1.17. The van der Waals surface area contributed by atoms with Crippen LogP contribution in [0.3, 0.4) is 0 Å². The molecule has 0 aliphatic carbocycles. The van der Waals surface area contributed by atoms with Crippen LogP contribution >= 0.6 is 11.3 Å². The average molecular weight is 1300 g/mol. The van der Waals surface area contributed by atoms with E-state index in [9.17, 15) is 47.9 Å². The van der Waals surface area contributed by atoms with E-state index >= 15 is 0 Å². The summed E-state index contributed by atoms with van der Waals surface area (Å²) in [6.45, 7) is 20.3. The first-order chi connectivity index (χ1) is 43.5. The van der Waals surface area contributed by atoms with Crippen LogP contribution in [0.4, 0.5) is 15.3 Å². The van der Waals surface area contributed by atoms with Crippen molar-refractivity contribution in [3.63, 3.8) is 0 Å². The molecular weight excluding hydrogens is 1200 g/mol. The molecule has 24 nitrogen and oxygen atoms in total. The van der Waals surface area contributed by atoms with E-state index in [4.69, 9.17) is 19.9 Å². The molecule has 0 bridgehead atoms. The minimum Gasteiger partial charge on any atom is -0.445 e. The maximum absolute atomic E-state index is 14.9. The lowest BCUT2D eigenvalue weighted by Crippen LogP contribution is -2.60. The van der Waals surface area contributed by atoms with E-state index in [2.05, 4.69) is 36.9 Å². The smallest absolute Gasteiger partial charge is 0.410 e. The van der Waals surface area contributed by atoms with Crippen LogP contribution in [-0.2, 0) is 65.6 Å². The van der Waals surface area contributed by atoms with Crippen molar-refractivity contribution in [1.82, 2.24) is 46.3 Å². The van der Waals surface area contributed by atoms with Gasteiger partial charge in [0.25, 0.3) is 0 Å². The van der Waals surface area contributed by atoms with Gasteiger partial charge in [0.15, 0.2) is 0 Å². The zero-order valence-electron chi connectivity index (χ0n) is 56.6. The SMILES string of the molecule is CC[C@H](C)[C@@H]([C@@H](CC(=O)N1CCC[C@H]1[C@H](OC)[C@@H](C)C(=O)N[C@@H](Cc1ccccc1)c1nccs1)OC)N(C)C(=O)[C@@H](NC(=O)[C@H](C(C)C)N(C)C(=O)OCc1ccc(NC(=O)[C@H](CCCNC(N)=O)NC(=O)[C@@H](NC(=O)CCC(=O)C(C)C)C(C)C)cc1)C(C)C. The lowest BCUT2D eigenvalue weighted by Gasteiger charge is -2.41. The summed E-state index contributed by atoms with van der Waals surface area (Å²) in [4.78, 5) is 144. The Bertz CT molecular complexity index is 2880. The highest BCUT2D eigenvalue weighted by molar-refractivity contribution is 7.09. The lowest BCUT2D eigenvalue weighted by atomic mass is 9.89. The summed E-state index contributed by atoms with van der Waals surface area (Å²) in [7, 11) is 6.17. The monoisotopic (exact) mass is 1300 g/mol. The van der Waals surface area contributed by atoms with Gasteiger partial charge in [0.1, 0.15) is 41.6 Å². The number of thiazole rings is 1. The fourth-order valence-electron chi connectivity index (χ4n) is 11.6. The van der Waals surface area contributed by atoms with Gasteiger partial charge in [-0.2, -0.15) is 0 Å². The number of benzene rings is 2. The minimum atomic E-state index is -1.11. The molecule has 0 saturated carbocycles. The summed E-state index contributed by atoms with van der Waals surface area (Å²) >= 11 is 1.47. The van der Waals surface area contributed by atoms with Crippen LogP contribution in [-0.4, -0.2) is 169 Å². The Labute approximate surface area is 547 Å². The number of nitrogens with one attached hydrogen (secondary N) is 6. The molecule has 2 heterocycles. The molecule has 3 aromatic rings. The fourth-order valence-corrected chi connectivity index (χ4v) is 12.3. The number of aromatic nitrogens is 1. The molecule has 0 unspecified atom stereocenters. The van der Waals surface area contributed by atoms with Crippen molar-refractivity contribution >= 4 is 76.3 Å². The largest absolute Gasteiger partial charge is 0.445 e. The molecule has 510 valence electrons. The standard InChI is InChI=1S/C67H103N11O13S/c1-16-43(10)58(52(89-14)37-54(81)78-34-21-25-50(78)59(90-15)44(11)60(82)73-49(64-69-33-35-92-64)36-45-22-18-17-19-23-45)76(12)65(86)56(41(6)7)75-63(85)57(42(8)9)77(13)67(88)91-38-46-26-28-47(29-27-46)71-61(83)48(24-20-32-70-66(68)87)72-62(84)55(40(4)5)74-53(80)31-30-51(79)39(2)3/h17-19,22-23,26-29,33,35,39-44,48-50,52,55-59H,16,20-21,24-25,30-32,34,36-38H2,1-15H3,(H,71,83)(H,72,84)(H,73,82)(H,74,80)(H,75,85)(H3,68,70,87)/t43-,44+,48-,49-,50-,52+,55-,56-,57-,58-,59+/m0/s1. The summed E-state index contributed by atoms with van der Waals surface area (Å²) in [6.07, 6.45) is 2.22. The van der Waals surface area contributed by atoms with Crippen LogP contribution in [0, 0.1) is 35.5 Å². The number of anilines is 1. The Morgan fingerprint density at radius 2 is 1.40 bits per heavy atom. The van der Waals surface area contributed by atoms with Crippen molar-refractivity contribution in [3.05, 3.63) is 82.3 Å². The molecule has 10 amide bonds. The van der Waals surface area contributed by atoms with E-state index in [1.807, 2.05) is 70.3 Å². The van der Waals surface area contributed by atoms with Gasteiger partial charge in [0.2, 0.25) is 41.4 Å². The molecular formula is C67H103N11O13S. The van der Waals surface area contributed by atoms with Crippen molar-refractivity contribution in [2.45, 2.75) is 195 Å². The van der Waals surface area contributed by atoms with Crippen molar-refractivity contribution in [1.29, 1.82) is 0 Å². The predicted molar refractivity (Wildman–Crippen MR) is 352 cm³/mol. The van der Waals surface area contributed by atoms with Gasteiger partial charge in [-0.3, -0.25) is 43.3 Å². The number of carbonyl (C=O) groups excluding carboxylic acids is 10. The molecule has 0 spiro atoms. The number of hydrogen-bond donors (Lipinski definition) is 7.